The number of β-amino-alcohol motifs (C(OH)–C–C–N with tert-alkyl or cyclic N) is 1. The van der Waals surface area contributed by atoms with E-state index in [0.717, 1.165) is 67.1 Å². The normalized spacial score (nSPS) is 15.4. The summed E-state index contributed by atoms with van der Waals surface area (Å²) < 4.78 is 13.2. The van der Waals surface area contributed by atoms with Crippen molar-refractivity contribution >= 4 is 62.6 Å². The summed E-state index contributed by atoms with van der Waals surface area (Å²) in [6.07, 6.45) is 4.04. The Morgan fingerprint density at radius 2 is 1.55 bits per heavy atom. The number of nitrogens with zero attached hydrogens (tertiary/aromatic N) is 3. The van der Waals surface area contributed by atoms with Gasteiger partial charge in [-0.1, -0.05) is 63.9 Å². The van der Waals surface area contributed by atoms with Crippen molar-refractivity contribution in [2.45, 2.75) is 97.4 Å². The molecule has 17 heteroatoms. The number of aromatic hydroxyl groups is 2. The van der Waals surface area contributed by atoms with E-state index >= 15 is 0 Å². The van der Waals surface area contributed by atoms with E-state index in [2.05, 4.69) is 26.1 Å². The van der Waals surface area contributed by atoms with E-state index in [-0.39, 0.29) is 48.7 Å². The maximum absolute atomic E-state index is 14.1. The quantitative estimate of drug-likeness (QED) is 0.0241. The molecule has 6 N–H and O–H groups in total. The first-order valence-corrected chi connectivity index (χ1v) is 26.7. The number of rotatable bonds is 20. The van der Waals surface area contributed by atoms with E-state index in [1.54, 1.807) is 78.1 Å². The smallest absolute Gasteiger partial charge is 0.271 e. The van der Waals surface area contributed by atoms with E-state index < -0.39 is 35.4 Å². The number of nitrogens with one attached hydrogen (secondary N) is 3. The number of hydrogen-bond acceptors (Lipinski definition) is 13. The molecule has 0 spiro atoms. The highest BCUT2D eigenvalue weighted by atomic mass is 32.1. The number of aromatic nitrogens is 1. The van der Waals surface area contributed by atoms with Crippen LogP contribution in [-0.4, -0.2) is 86.4 Å². The fourth-order valence-electron chi connectivity index (χ4n) is 8.84. The zero-order chi connectivity index (χ0) is 53.2. The summed E-state index contributed by atoms with van der Waals surface area (Å²) in [6, 6.07) is 31.7. The summed E-state index contributed by atoms with van der Waals surface area (Å²) in [5.74, 6) is 0.533. The van der Waals surface area contributed by atoms with Gasteiger partial charge in [0, 0.05) is 35.0 Å². The number of phenols is 2. The average molecular weight is 1050 g/mol. The van der Waals surface area contributed by atoms with Crippen LogP contribution in [0.4, 0.5) is 0 Å². The van der Waals surface area contributed by atoms with Crippen LogP contribution in [-0.2, 0) is 14.4 Å². The third-order valence-electron chi connectivity index (χ3n) is 13.0. The highest BCUT2D eigenvalue weighted by Gasteiger charge is 2.44. The fraction of sp³-hybridized carbons (Fsp3) is 0.310. The molecule has 8 rings (SSSR count). The van der Waals surface area contributed by atoms with Crippen molar-refractivity contribution in [3.8, 4) is 49.6 Å². The highest BCUT2D eigenvalue weighted by molar-refractivity contribution is 7.22. The Labute approximate surface area is 444 Å². The zero-order valence-electron chi connectivity index (χ0n) is 42.5. The molecule has 5 aromatic carbocycles. The van der Waals surface area contributed by atoms with Gasteiger partial charge >= 0.3 is 0 Å². The van der Waals surface area contributed by atoms with Crippen molar-refractivity contribution in [3.05, 3.63) is 143 Å². The van der Waals surface area contributed by atoms with Gasteiger partial charge in [0.2, 0.25) is 17.7 Å². The molecule has 75 heavy (non-hydrogen) atoms. The Morgan fingerprint density at radius 1 is 0.840 bits per heavy atom. The van der Waals surface area contributed by atoms with E-state index in [1.165, 1.54) is 22.5 Å². The number of carbonyl (C=O) groups excluding carboxylic acids is 4. The number of phenolic OH excluding ortho intramolecular Hbond substituents is 2. The minimum atomic E-state index is -0.897. The number of hydrogen-bond donors (Lipinski definition) is 6. The molecule has 4 unspecified atom stereocenters. The topological polar surface area (TPSA) is 212 Å². The molecule has 0 bridgehead atoms. The third kappa shape index (κ3) is 13.8. The predicted molar refractivity (Wildman–Crippen MR) is 294 cm³/mol. The highest BCUT2D eigenvalue weighted by Crippen LogP contribution is 2.47. The van der Waals surface area contributed by atoms with Crippen LogP contribution in [0.25, 0.3) is 31.0 Å². The van der Waals surface area contributed by atoms with Gasteiger partial charge in [-0.2, -0.15) is 5.10 Å². The lowest BCUT2D eigenvalue weighted by Gasteiger charge is -2.35. The minimum absolute atomic E-state index is 0.00206. The number of ether oxygens (including phenoxy) is 2. The van der Waals surface area contributed by atoms with Crippen LogP contribution >= 0.6 is 22.7 Å². The van der Waals surface area contributed by atoms with Crippen molar-refractivity contribution in [3.63, 3.8) is 0 Å². The number of likely N-dealkylation sites (tertiary alicyclic amines) is 1. The number of carbonyl (C=O) groups is 4. The van der Waals surface area contributed by atoms with Crippen LogP contribution in [0.2, 0.25) is 0 Å². The van der Waals surface area contributed by atoms with Crippen LogP contribution in [0.15, 0.2) is 126 Å². The maximum atomic E-state index is 14.1. The van der Waals surface area contributed by atoms with E-state index in [9.17, 15) is 34.5 Å². The molecule has 1 aliphatic heterocycles. The summed E-state index contributed by atoms with van der Waals surface area (Å²) in [4.78, 5) is 61.8. The molecule has 1 fully saturated rings. The van der Waals surface area contributed by atoms with Gasteiger partial charge in [-0.15, -0.1) is 22.7 Å². The molecule has 0 aliphatic carbocycles. The first kappa shape index (κ1) is 53.7. The Bertz CT molecular complexity index is 3150. The number of aliphatic hydroxyl groups is 1. The van der Waals surface area contributed by atoms with Crippen molar-refractivity contribution in [2.24, 2.45) is 10.5 Å². The van der Waals surface area contributed by atoms with Crippen molar-refractivity contribution < 1.29 is 44.0 Å². The molecule has 1 aliphatic rings. The van der Waals surface area contributed by atoms with Crippen molar-refractivity contribution in [1.29, 1.82) is 0 Å². The first-order chi connectivity index (χ1) is 36.0. The van der Waals surface area contributed by atoms with E-state index in [0.29, 0.717) is 35.8 Å². The second-order valence-corrected chi connectivity index (χ2v) is 21.7. The third-order valence-corrected chi connectivity index (χ3v) is 15.1. The monoisotopic (exact) mass is 1050 g/mol. The van der Waals surface area contributed by atoms with Gasteiger partial charge in [-0.25, -0.2) is 10.4 Å². The van der Waals surface area contributed by atoms with Crippen molar-refractivity contribution in [1.82, 2.24) is 25.9 Å². The molecule has 15 nitrogen and oxygen atoms in total. The molecule has 4 amide bonds. The SMILES string of the molecule is Cc1ncsc1-c1ccc(C(C)NC(=O)C2CC(O)CN2C(=O)C(NC(=O)CCCCCCOc2ccc(C=NNC(=O)c3cccc(Oc4c(-c5ccc(O)cc5)sc5cc(O)ccc45)c3)cc2)C(C)(C)C)cc1. The van der Waals surface area contributed by atoms with Crippen LogP contribution in [0.1, 0.15) is 99.4 Å². The fourth-order valence-corrected chi connectivity index (χ4v) is 10.8. The average Bonchev–Trinajstić information content (AvgIpc) is 4.11. The Kier molecular flexibility index (Phi) is 17.3. The molecule has 7 aromatic rings. The van der Waals surface area contributed by atoms with E-state index in [4.69, 9.17) is 9.47 Å². The predicted octanol–water partition coefficient (Wildman–Crippen LogP) is 10.7. The molecule has 4 atom stereocenters. The summed E-state index contributed by atoms with van der Waals surface area (Å²) in [6.45, 7) is 9.96. The van der Waals surface area contributed by atoms with Crippen LogP contribution in [0, 0.1) is 12.3 Å². The molecule has 3 heterocycles. The van der Waals surface area contributed by atoms with Crippen molar-refractivity contribution in [2.75, 3.05) is 13.2 Å². The molecule has 0 radical (unpaired) electrons. The number of thiazole rings is 1. The van der Waals surface area contributed by atoms with Crippen LogP contribution in [0.3, 0.4) is 0 Å². The van der Waals surface area contributed by atoms with Gasteiger partial charge in [0.25, 0.3) is 5.91 Å². The number of hydrazone groups is 1. The Morgan fingerprint density at radius 3 is 2.27 bits per heavy atom. The molecular formula is C58H62N6O9S2. The summed E-state index contributed by atoms with van der Waals surface area (Å²) in [5.41, 5.74) is 8.57. The Hall–Kier alpha value is -7.60. The number of benzene rings is 5. The molecule has 390 valence electrons. The lowest BCUT2D eigenvalue weighted by molar-refractivity contribution is -0.144. The standard InChI is InChI=1S/C58H62N6O9S2/c1-35(38-16-18-39(19-17-38)52-36(2)59-34-74-52)61-56(70)48-30-44(67)33-64(48)57(71)54(58(3,4)5)62-50(68)13-8-6-7-9-28-72-45-25-14-37(15-26-45)32-60-63-55(69)41-11-10-12-46(29-41)73-51-47-27-24-43(66)31-49(47)75-53(51)40-20-22-42(65)23-21-40/h10-12,14-27,29,31-32,34-35,44,48,54,65-67H,6-9,13,28,30,33H2,1-5H3,(H,61,70)(H,62,68)(H,63,69). The largest absolute Gasteiger partial charge is 0.508 e. The number of unbranched alkanes of at least 4 members (excludes halogenated alkanes) is 3. The maximum Gasteiger partial charge on any atom is 0.271 e. The van der Waals surface area contributed by atoms with Gasteiger partial charge in [0.05, 0.1) is 45.9 Å². The Balaban J connectivity index is 0.745. The summed E-state index contributed by atoms with van der Waals surface area (Å²) >= 11 is 3.02. The second kappa shape index (κ2) is 24.2. The van der Waals surface area contributed by atoms with Gasteiger partial charge in [-0.05, 0) is 139 Å². The van der Waals surface area contributed by atoms with E-state index in [1.807, 2.05) is 88.7 Å². The van der Waals surface area contributed by atoms with Gasteiger partial charge in [-0.3, -0.25) is 19.2 Å². The lowest BCUT2D eigenvalue weighted by atomic mass is 9.85. The molecule has 2 aromatic heterocycles. The van der Waals surface area contributed by atoms with Gasteiger partial charge in [0.15, 0.2) is 5.75 Å². The zero-order valence-corrected chi connectivity index (χ0v) is 44.2. The van der Waals surface area contributed by atoms with Crippen LogP contribution in [0.5, 0.6) is 28.7 Å². The molecule has 1 saturated heterocycles. The lowest BCUT2D eigenvalue weighted by Crippen LogP contribution is -2.57. The number of fused-ring (bicyclic) bond motifs is 1. The second-order valence-electron chi connectivity index (χ2n) is 19.8. The number of thiophene rings is 1. The molecule has 0 saturated carbocycles. The first-order valence-electron chi connectivity index (χ1n) is 25.0. The molecular weight excluding hydrogens is 989 g/mol. The van der Waals surface area contributed by atoms with Gasteiger partial charge < -0.3 is 40.3 Å². The number of aryl methyl sites for hydroxylation is 1. The summed E-state index contributed by atoms with van der Waals surface area (Å²) in [5, 5.41) is 41.6. The van der Waals surface area contributed by atoms with Gasteiger partial charge in [0.1, 0.15) is 35.1 Å². The number of aliphatic hydroxyl groups excluding tert-OH is 1. The minimum Gasteiger partial charge on any atom is -0.508 e. The number of amides is 4. The summed E-state index contributed by atoms with van der Waals surface area (Å²) in [7, 11) is 0. The van der Waals surface area contributed by atoms with Crippen LogP contribution < -0.4 is 25.5 Å².